The molecule has 5 nitrogen and oxygen atoms in total. The molecule has 0 saturated heterocycles. The molecule has 0 aliphatic rings. The van der Waals surface area contributed by atoms with E-state index in [1.807, 2.05) is 67.6 Å². The SMILES string of the molecule is Cc1ccc2nc(S(=O)Cc3ccccn3)n(-c3ccccc3)c(=O)c2c1. The van der Waals surface area contributed by atoms with Crippen LogP contribution in [0.15, 0.2) is 82.9 Å². The van der Waals surface area contributed by atoms with Crippen molar-refractivity contribution in [1.82, 2.24) is 14.5 Å². The Morgan fingerprint density at radius 2 is 1.78 bits per heavy atom. The van der Waals surface area contributed by atoms with Crippen molar-refractivity contribution in [2.75, 3.05) is 0 Å². The number of rotatable bonds is 4. The van der Waals surface area contributed by atoms with Crippen LogP contribution in [0.25, 0.3) is 16.6 Å². The smallest absolute Gasteiger partial charge is 0.266 e. The lowest BCUT2D eigenvalue weighted by Crippen LogP contribution is -2.25. The molecular formula is C21H17N3O2S. The second-order valence-electron chi connectivity index (χ2n) is 6.20. The van der Waals surface area contributed by atoms with Crippen molar-refractivity contribution < 1.29 is 4.21 Å². The van der Waals surface area contributed by atoms with Gasteiger partial charge in [0.25, 0.3) is 5.56 Å². The fraction of sp³-hybridized carbons (Fsp3) is 0.0952. The zero-order valence-electron chi connectivity index (χ0n) is 14.7. The van der Waals surface area contributed by atoms with Gasteiger partial charge in [-0.15, -0.1) is 0 Å². The van der Waals surface area contributed by atoms with Crippen LogP contribution in [0.5, 0.6) is 0 Å². The van der Waals surface area contributed by atoms with E-state index in [1.165, 1.54) is 4.57 Å². The number of aromatic nitrogens is 3. The molecule has 2 aromatic heterocycles. The predicted octanol–water partition coefficient (Wildman–Crippen LogP) is 3.40. The molecule has 134 valence electrons. The Morgan fingerprint density at radius 3 is 2.52 bits per heavy atom. The molecule has 0 saturated carbocycles. The molecule has 4 aromatic rings. The number of hydrogen-bond donors (Lipinski definition) is 0. The van der Waals surface area contributed by atoms with Crippen molar-refractivity contribution in [1.29, 1.82) is 0 Å². The van der Waals surface area contributed by atoms with Crippen LogP contribution in [0, 0.1) is 6.92 Å². The largest absolute Gasteiger partial charge is 0.268 e. The van der Waals surface area contributed by atoms with Crippen molar-refractivity contribution in [2.45, 2.75) is 17.8 Å². The van der Waals surface area contributed by atoms with Crippen LogP contribution in [0.3, 0.4) is 0 Å². The minimum atomic E-state index is -1.53. The van der Waals surface area contributed by atoms with Gasteiger partial charge >= 0.3 is 0 Å². The second-order valence-corrected chi connectivity index (χ2v) is 7.55. The number of aryl methyl sites for hydroxylation is 1. The van der Waals surface area contributed by atoms with Crippen LogP contribution in [0.1, 0.15) is 11.3 Å². The van der Waals surface area contributed by atoms with Crippen LogP contribution in [-0.4, -0.2) is 18.7 Å². The van der Waals surface area contributed by atoms with Gasteiger partial charge in [0.05, 0.1) is 38.8 Å². The van der Waals surface area contributed by atoms with E-state index in [0.717, 1.165) is 5.56 Å². The Morgan fingerprint density at radius 1 is 1.00 bits per heavy atom. The van der Waals surface area contributed by atoms with E-state index in [-0.39, 0.29) is 16.5 Å². The Hall–Kier alpha value is -3.12. The standard InChI is InChI=1S/C21H17N3O2S/c1-15-10-11-19-18(13-15)20(25)24(17-8-3-2-4-9-17)21(23-19)27(26)14-16-7-5-6-12-22-16/h2-13H,14H2,1H3. The highest BCUT2D eigenvalue weighted by Crippen LogP contribution is 2.18. The molecule has 0 bridgehead atoms. The molecule has 0 N–H and O–H groups in total. The molecule has 0 amide bonds. The van der Waals surface area contributed by atoms with Crippen molar-refractivity contribution in [3.8, 4) is 5.69 Å². The Balaban J connectivity index is 1.94. The van der Waals surface area contributed by atoms with Gasteiger partial charge in [0.2, 0.25) is 5.16 Å². The number of benzene rings is 2. The molecule has 2 heterocycles. The summed E-state index contributed by atoms with van der Waals surface area (Å²) >= 11 is 0. The summed E-state index contributed by atoms with van der Waals surface area (Å²) in [7, 11) is -1.53. The molecule has 6 heteroatoms. The molecule has 4 rings (SSSR count). The lowest BCUT2D eigenvalue weighted by Gasteiger charge is -2.13. The van der Waals surface area contributed by atoms with E-state index in [0.29, 0.717) is 22.3 Å². The average Bonchev–Trinajstić information content (AvgIpc) is 2.69. The quantitative estimate of drug-likeness (QED) is 0.513. The molecule has 27 heavy (non-hydrogen) atoms. The molecular weight excluding hydrogens is 358 g/mol. The molecule has 0 fully saturated rings. The Kier molecular flexibility index (Phi) is 4.64. The molecule has 0 aliphatic heterocycles. The molecule has 1 unspecified atom stereocenters. The van der Waals surface area contributed by atoms with Gasteiger partial charge in [0, 0.05) is 6.20 Å². The average molecular weight is 375 g/mol. The highest BCUT2D eigenvalue weighted by atomic mass is 32.2. The fourth-order valence-electron chi connectivity index (χ4n) is 2.92. The third-order valence-electron chi connectivity index (χ3n) is 4.22. The zero-order valence-corrected chi connectivity index (χ0v) is 15.5. The lowest BCUT2D eigenvalue weighted by atomic mass is 10.1. The maximum absolute atomic E-state index is 13.2. The van der Waals surface area contributed by atoms with Gasteiger partial charge in [0.1, 0.15) is 0 Å². The Labute approximate surface area is 158 Å². The third kappa shape index (κ3) is 3.44. The summed E-state index contributed by atoms with van der Waals surface area (Å²) in [6.45, 7) is 1.93. The monoisotopic (exact) mass is 375 g/mol. The lowest BCUT2D eigenvalue weighted by molar-refractivity contribution is 0.666. The van der Waals surface area contributed by atoms with Gasteiger partial charge in [-0.1, -0.05) is 35.9 Å². The maximum Gasteiger partial charge on any atom is 0.266 e. The van der Waals surface area contributed by atoms with Crippen molar-refractivity contribution in [2.24, 2.45) is 0 Å². The zero-order chi connectivity index (χ0) is 18.8. The number of fused-ring (bicyclic) bond motifs is 1. The summed E-state index contributed by atoms with van der Waals surface area (Å²) in [5.74, 6) is 0.192. The van der Waals surface area contributed by atoms with Gasteiger partial charge in [-0.3, -0.25) is 18.6 Å². The van der Waals surface area contributed by atoms with Gasteiger partial charge in [-0.2, -0.15) is 0 Å². The highest BCUT2D eigenvalue weighted by molar-refractivity contribution is 7.84. The van der Waals surface area contributed by atoms with Crippen LogP contribution < -0.4 is 5.56 Å². The van der Waals surface area contributed by atoms with Gasteiger partial charge in [-0.25, -0.2) is 4.98 Å². The number of para-hydroxylation sites is 1. The summed E-state index contributed by atoms with van der Waals surface area (Å²) in [5.41, 5.74) is 2.63. The maximum atomic E-state index is 13.2. The second kappa shape index (κ2) is 7.25. The Bertz CT molecular complexity index is 1190. The number of nitrogens with zero attached hydrogens (tertiary/aromatic N) is 3. The molecule has 2 aromatic carbocycles. The first-order valence-electron chi connectivity index (χ1n) is 8.50. The summed E-state index contributed by atoms with van der Waals surface area (Å²) in [6.07, 6.45) is 1.66. The summed E-state index contributed by atoms with van der Waals surface area (Å²) < 4.78 is 14.6. The first-order chi connectivity index (χ1) is 13.1. The van der Waals surface area contributed by atoms with E-state index < -0.39 is 10.8 Å². The van der Waals surface area contributed by atoms with E-state index in [1.54, 1.807) is 12.3 Å². The molecule has 0 spiro atoms. The van der Waals surface area contributed by atoms with Crippen molar-refractivity contribution >= 4 is 21.7 Å². The minimum absolute atomic E-state index is 0.192. The summed E-state index contributed by atoms with van der Waals surface area (Å²) in [4.78, 5) is 22.1. The van der Waals surface area contributed by atoms with E-state index in [4.69, 9.17) is 0 Å². The van der Waals surface area contributed by atoms with E-state index in [2.05, 4.69) is 9.97 Å². The van der Waals surface area contributed by atoms with Gasteiger partial charge in [-0.05, 0) is 43.3 Å². The summed E-state index contributed by atoms with van der Waals surface area (Å²) in [6, 6.07) is 20.2. The fourth-order valence-corrected chi connectivity index (χ4v) is 4.08. The molecule has 0 aliphatic carbocycles. The first-order valence-corrected chi connectivity index (χ1v) is 9.82. The topological polar surface area (TPSA) is 64.8 Å². The predicted molar refractivity (Wildman–Crippen MR) is 106 cm³/mol. The van der Waals surface area contributed by atoms with Crippen LogP contribution >= 0.6 is 0 Å². The van der Waals surface area contributed by atoms with Crippen LogP contribution in [0.2, 0.25) is 0 Å². The highest BCUT2D eigenvalue weighted by Gasteiger charge is 2.18. The van der Waals surface area contributed by atoms with E-state index in [9.17, 15) is 9.00 Å². The van der Waals surface area contributed by atoms with Crippen LogP contribution in [-0.2, 0) is 16.6 Å². The normalized spacial score (nSPS) is 12.2. The number of hydrogen-bond acceptors (Lipinski definition) is 4. The van der Waals surface area contributed by atoms with Crippen molar-refractivity contribution in [3.05, 3.63) is 94.5 Å². The van der Waals surface area contributed by atoms with Crippen LogP contribution in [0.4, 0.5) is 0 Å². The van der Waals surface area contributed by atoms with Gasteiger partial charge in [0.15, 0.2) is 0 Å². The molecule has 0 radical (unpaired) electrons. The minimum Gasteiger partial charge on any atom is -0.268 e. The van der Waals surface area contributed by atoms with Crippen molar-refractivity contribution in [3.63, 3.8) is 0 Å². The summed E-state index contributed by atoms with van der Waals surface area (Å²) in [5, 5.41) is 0.741. The first kappa shape index (κ1) is 17.3. The van der Waals surface area contributed by atoms with E-state index >= 15 is 0 Å². The van der Waals surface area contributed by atoms with Gasteiger partial charge < -0.3 is 0 Å². The molecule has 1 atom stereocenters. The number of pyridine rings is 1. The third-order valence-corrected chi connectivity index (χ3v) is 5.46.